The molecular weight excluding hydrogens is 649 g/mol. The number of halogens is 1. The van der Waals surface area contributed by atoms with Crippen molar-refractivity contribution in [2.24, 2.45) is 0 Å². The van der Waals surface area contributed by atoms with Gasteiger partial charge in [-0.1, -0.05) is 54.6 Å². The fourth-order valence-corrected chi connectivity index (χ4v) is 6.77. The van der Waals surface area contributed by atoms with Gasteiger partial charge < -0.3 is 8.92 Å². The van der Waals surface area contributed by atoms with E-state index < -0.39 is 16.0 Å². The Morgan fingerprint density at radius 3 is 2.38 bits per heavy atom. The number of ether oxygens (including phenoxy) is 1. The van der Waals surface area contributed by atoms with Crippen molar-refractivity contribution in [2.75, 3.05) is 6.61 Å². The van der Waals surface area contributed by atoms with E-state index in [1.807, 2.05) is 65.1 Å². The number of thioether (sulfide) groups is 1. The summed E-state index contributed by atoms with van der Waals surface area (Å²) >= 11 is 2.83. The van der Waals surface area contributed by atoms with Gasteiger partial charge in [-0.2, -0.15) is 8.42 Å². The standard InChI is InChI=1S/C29H22INO6S2/c1-2-36-25-16-20(15-24(30)27(25)37-39(34,35)23-10-4-3-5-11-23)17-26-28(32)31(29(33)38-26)18-19-12-13-21-8-6-7-9-22(21)14-19/h3-17H,2,18H2,1H3/b26-17-. The Balaban J connectivity index is 1.41. The largest absolute Gasteiger partial charge is 0.490 e. The number of hydrogen-bond donors (Lipinski definition) is 0. The highest BCUT2D eigenvalue weighted by molar-refractivity contribution is 14.1. The number of fused-ring (bicyclic) bond motifs is 1. The monoisotopic (exact) mass is 671 g/mol. The smallest absolute Gasteiger partial charge is 0.339 e. The van der Waals surface area contributed by atoms with E-state index in [-0.39, 0.29) is 39.7 Å². The molecule has 4 aromatic carbocycles. The third kappa shape index (κ3) is 5.97. The van der Waals surface area contributed by atoms with Crippen molar-refractivity contribution in [3.8, 4) is 11.5 Å². The van der Waals surface area contributed by atoms with Gasteiger partial charge in [0.05, 0.1) is 21.6 Å². The molecule has 1 fully saturated rings. The molecule has 5 rings (SSSR count). The molecule has 198 valence electrons. The summed E-state index contributed by atoms with van der Waals surface area (Å²) < 4.78 is 37.3. The first kappa shape index (κ1) is 27.2. The Kier molecular flexibility index (Phi) is 7.96. The highest BCUT2D eigenvalue weighted by atomic mass is 127. The second-order valence-corrected chi connectivity index (χ2v) is 12.3. The number of carbonyl (C=O) groups excluding carboxylic acids is 2. The van der Waals surface area contributed by atoms with Crippen LogP contribution in [0.1, 0.15) is 18.1 Å². The van der Waals surface area contributed by atoms with Crippen LogP contribution >= 0.6 is 34.4 Å². The van der Waals surface area contributed by atoms with E-state index in [2.05, 4.69) is 0 Å². The molecule has 0 aliphatic carbocycles. The van der Waals surface area contributed by atoms with Crippen molar-refractivity contribution in [1.82, 2.24) is 4.90 Å². The van der Waals surface area contributed by atoms with Gasteiger partial charge in [-0.15, -0.1) is 0 Å². The molecule has 0 saturated carbocycles. The normalized spacial score (nSPS) is 14.8. The molecule has 0 unspecified atom stereocenters. The molecule has 1 saturated heterocycles. The van der Waals surface area contributed by atoms with Crippen LogP contribution in [-0.4, -0.2) is 31.1 Å². The molecule has 2 amide bonds. The number of rotatable bonds is 8. The number of imide groups is 1. The van der Waals surface area contributed by atoms with Gasteiger partial charge >= 0.3 is 10.1 Å². The van der Waals surface area contributed by atoms with Gasteiger partial charge in [0.1, 0.15) is 4.90 Å². The molecule has 1 heterocycles. The first-order valence-corrected chi connectivity index (χ1v) is 15.2. The topological polar surface area (TPSA) is 90.0 Å². The predicted octanol–water partition coefficient (Wildman–Crippen LogP) is 6.85. The minimum Gasteiger partial charge on any atom is -0.490 e. The van der Waals surface area contributed by atoms with Crippen molar-refractivity contribution >= 4 is 72.5 Å². The summed E-state index contributed by atoms with van der Waals surface area (Å²) in [7, 11) is -4.09. The Labute approximate surface area is 244 Å². The molecule has 0 radical (unpaired) electrons. The molecule has 1 aliphatic heterocycles. The second kappa shape index (κ2) is 11.4. The van der Waals surface area contributed by atoms with E-state index in [0.717, 1.165) is 28.1 Å². The average Bonchev–Trinajstić information content (AvgIpc) is 3.18. The molecule has 0 bridgehead atoms. The maximum absolute atomic E-state index is 13.2. The summed E-state index contributed by atoms with van der Waals surface area (Å²) in [5, 5.41) is 1.76. The van der Waals surface area contributed by atoms with Crippen LogP contribution in [-0.2, 0) is 21.5 Å². The summed E-state index contributed by atoms with van der Waals surface area (Å²) in [6.07, 6.45) is 1.60. The lowest BCUT2D eigenvalue weighted by molar-refractivity contribution is -0.123. The third-order valence-corrected chi connectivity index (χ3v) is 8.83. The molecule has 1 aliphatic rings. The SMILES string of the molecule is CCOc1cc(/C=C2\SC(=O)N(Cc3ccc4ccccc4c3)C2=O)cc(I)c1OS(=O)(=O)c1ccccc1. The van der Waals surface area contributed by atoms with Gasteiger partial charge in [-0.3, -0.25) is 14.5 Å². The highest BCUT2D eigenvalue weighted by Crippen LogP contribution is 2.39. The van der Waals surface area contributed by atoms with E-state index in [9.17, 15) is 18.0 Å². The van der Waals surface area contributed by atoms with Gasteiger partial charge in [0.15, 0.2) is 11.5 Å². The first-order chi connectivity index (χ1) is 18.7. The minimum absolute atomic E-state index is 0.0208. The van der Waals surface area contributed by atoms with Crippen LogP contribution < -0.4 is 8.92 Å². The fourth-order valence-electron chi connectivity index (χ4n) is 4.07. The Morgan fingerprint density at radius 1 is 0.923 bits per heavy atom. The van der Waals surface area contributed by atoms with Gasteiger partial charge in [0, 0.05) is 0 Å². The van der Waals surface area contributed by atoms with E-state index in [4.69, 9.17) is 8.92 Å². The van der Waals surface area contributed by atoms with E-state index in [0.29, 0.717) is 9.13 Å². The Hall–Kier alpha value is -3.35. The predicted molar refractivity (Wildman–Crippen MR) is 160 cm³/mol. The lowest BCUT2D eigenvalue weighted by Gasteiger charge is -2.15. The highest BCUT2D eigenvalue weighted by Gasteiger charge is 2.35. The minimum atomic E-state index is -4.09. The van der Waals surface area contributed by atoms with Crippen molar-refractivity contribution in [3.05, 3.63) is 105 Å². The zero-order valence-electron chi connectivity index (χ0n) is 20.7. The summed E-state index contributed by atoms with van der Waals surface area (Å²) in [5.41, 5.74) is 1.43. The second-order valence-electron chi connectivity index (χ2n) is 8.56. The van der Waals surface area contributed by atoms with Gasteiger partial charge in [0.25, 0.3) is 11.1 Å². The lowest BCUT2D eigenvalue weighted by Crippen LogP contribution is -2.27. The summed E-state index contributed by atoms with van der Waals surface area (Å²) in [4.78, 5) is 27.4. The quantitative estimate of drug-likeness (QED) is 0.115. The van der Waals surface area contributed by atoms with Crippen LogP contribution in [0.5, 0.6) is 11.5 Å². The molecule has 0 spiro atoms. The molecule has 10 heteroatoms. The maximum Gasteiger partial charge on any atom is 0.339 e. The Bertz CT molecular complexity index is 1720. The van der Waals surface area contributed by atoms with Crippen LogP contribution in [0.4, 0.5) is 4.79 Å². The van der Waals surface area contributed by atoms with Crippen LogP contribution in [0.25, 0.3) is 16.8 Å². The van der Waals surface area contributed by atoms with E-state index >= 15 is 0 Å². The zero-order chi connectivity index (χ0) is 27.6. The van der Waals surface area contributed by atoms with Crippen molar-refractivity contribution in [2.45, 2.75) is 18.4 Å². The number of hydrogen-bond acceptors (Lipinski definition) is 7. The van der Waals surface area contributed by atoms with Crippen LogP contribution in [0.3, 0.4) is 0 Å². The van der Waals surface area contributed by atoms with Gasteiger partial charge in [-0.05, 0) is 99.6 Å². The third-order valence-electron chi connectivity index (χ3n) is 5.88. The molecule has 0 aromatic heterocycles. The molecule has 0 N–H and O–H groups in total. The molecule has 0 atom stereocenters. The van der Waals surface area contributed by atoms with E-state index in [1.54, 1.807) is 43.3 Å². The van der Waals surface area contributed by atoms with Gasteiger partial charge in [-0.25, -0.2) is 0 Å². The van der Waals surface area contributed by atoms with E-state index in [1.165, 1.54) is 17.0 Å². The van der Waals surface area contributed by atoms with Crippen molar-refractivity contribution in [1.29, 1.82) is 0 Å². The summed E-state index contributed by atoms with van der Waals surface area (Å²) in [6, 6.07) is 24.9. The van der Waals surface area contributed by atoms with Crippen LogP contribution in [0, 0.1) is 3.57 Å². The van der Waals surface area contributed by atoms with Crippen molar-refractivity contribution in [3.63, 3.8) is 0 Å². The molecule has 39 heavy (non-hydrogen) atoms. The number of carbonyl (C=O) groups is 2. The van der Waals surface area contributed by atoms with Gasteiger partial charge in [0.2, 0.25) is 0 Å². The van der Waals surface area contributed by atoms with Crippen LogP contribution in [0.2, 0.25) is 0 Å². The fraction of sp³-hybridized carbons (Fsp3) is 0.103. The van der Waals surface area contributed by atoms with Crippen molar-refractivity contribution < 1.29 is 26.9 Å². The molecule has 4 aromatic rings. The number of amides is 2. The number of nitrogens with zero attached hydrogens (tertiary/aromatic N) is 1. The number of benzene rings is 4. The molecule has 7 nitrogen and oxygen atoms in total. The maximum atomic E-state index is 13.2. The van der Waals surface area contributed by atoms with Crippen LogP contribution in [0.15, 0.2) is 94.7 Å². The Morgan fingerprint density at radius 2 is 1.64 bits per heavy atom. The average molecular weight is 672 g/mol. The first-order valence-electron chi connectivity index (χ1n) is 11.9. The molecular formula is C29H22INO6S2. The summed E-state index contributed by atoms with van der Waals surface area (Å²) in [6.45, 7) is 2.20. The summed E-state index contributed by atoms with van der Waals surface area (Å²) in [5.74, 6) is -0.119. The lowest BCUT2D eigenvalue weighted by atomic mass is 10.1. The zero-order valence-corrected chi connectivity index (χ0v) is 24.5.